The van der Waals surface area contributed by atoms with Crippen molar-refractivity contribution >= 4 is 16.6 Å². The van der Waals surface area contributed by atoms with Gasteiger partial charge in [0, 0.05) is 23.7 Å². The van der Waals surface area contributed by atoms with Gasteiger partial charge in [0.25, 0.3) is 0 Å². The van der Waals surface area contributed by atoms with E-state index in [1.165, 1.54) is 24.4 Å². The average molecular weight is 393 g/mol. The molecule has 1 aliphatic heterocycles. The van der Waals surface area contributed by atoms with Crippen LogP contribution in [0.25, 0.3) is 10.9 Å². The van der Waals surface area contributed by atoms with Gasteiger partial charge in [0.2, 0.25) is 11.8 Å². The normalized spacial score (nSPS) is 21.9. The number of ether oxygens (including phenoxy) is 1. The summed E-state index contributed by atoms with van der Waals surface area (Å²) in [5, 5.41) is 13.3. The number of alkyl halides is 3. The number of aliphatic hydroxyl groups is 1. The summed E-state index contributed by atoms with van der Waals surface area (Å²) in [6.07, 6.45) is -6.19. The second-order valence-electron chi connectivity index (χ2n) is 6.62. The molecule has 28 heavy (non-hydrogen) atoms. The number of nitrogens with one attached hydrogen (secondary N) is 1. The van der Waals surface area contributed by atoms with Crippen molar-refractivity contribution in [1.29, 1.82) is 0 Å². The number of para-hydroxylation sites is 1. The molecule has 0 aliphatic carbocycles. The molecule has 5 nitrogen and oxygen atoms in total. The molecule has 4 rings (SSSR count). The molecule has 0 saturated carbocycles. The number of benzene rings is 2. The maximum absolute atomic E-state index is 14.1. The van der Waals surface area contributed by atoms with E-state index >= 15 is 0 Å². The fourth-order valence-corrected chi connectivity index (χ4v) is 3.21. The number of anilines is 1. The van der Waals surface area contributed by atoms with Crippen molar-refractivity contribution < 1.29 is 27.4 Å². The highest BCUT2D eigenvalue weighted by atomic mass is 19.4. The van der Waals surface area contributed by atoms with Gasteiger partial charge in [-0.15, -0.1) is 0 Å². The summed E-state index contributed by atoms with van der Waals surface area (Å²) in [7, 11) is 0. The lowest BCUT2D eigenvalue weighted by Gasteiger charge is -2.42. The Morgan fingerprint density at radius 1 is 1.21 bits per heavy atom. The fraction of sp³-hybridized carbons (Fsp3) is 0.263. The third-order valence-corrected chi connectivity index (χ3v) is 4.71. The first-order valence-electron chi connectivity index (χ1n) is 8.41. The van der Waals surface area contributed by atoms with Gasteiger partial charge in [-0.25, -0.2) is 14.4 Å². The number of aryl methyl sites for hydroxylation is 1. The molecule has 2 N–H and O–H groups in total. The zero-order chi connectivity index (χ0) is 20.1. The number of hydrogen-bond acceptors (Lipinski definition) is 5. The minimum atomic E-state index is -4.97. The van der Waals surface area contributed by atoms with Crippen molar-refractivity contribution in [2.24, 2.45) is 0 Å². The zero-order valence-electron chi connectivity index (χ0n) is 14.6. The van der Waals surface area contributed by atoms with Crippen LogP contribution in [0.1, 0.15) is 11.4 Å². The van der Waals surface area contributed by atoms with Crippen LogP contribution >= 0.6 is 0 Å². The number of nitrogens with zero attached hydrogens (tertiary/aromatic N) is 2. The van der Waals surface area contributed by atoms with E-state index in [1.54, 1.807) is 19.1 Å². The smallest absolute Gasteiger partial charge is 0.423 e. The Kier molecular flexibility index (Phi) is 4.15. The standard InChI is InChI=1S/C19H15F4N3O2/c1-10-24-9-12-14(7-6-13(20)16(12)25-10)26-17-18(27,19(21,22)23)8-11-4-2-3-5-15(11)28-17/h2-7,9,17,26-27H,8H2,1H3. The van der Waals surface area contributed by atoms with Crippen molar-refractivity contribution in [3.05, 3.63) is 59.8 Å². The van der Waals surface area contributed by atoms with E-state index in [2.05, 4.69) is 15.3 Å². The van der Waals surface area contributed by atoms with Crippen LogP contribution in [0.3, 0.4) is 0 Å². The lowest BCUT2D eigenvalue weighted by atomic mass is 9.88. The number of fused-ring (bicyclic) bond motifs is 2. The predicted molar refractivity (Wildman–Crippen MR) is 93.4 cm³/mol. The first-order valence-corrected chi connectivity index (χ1v) is 8.41. The predicted octanol–water partition coefficient (Wildman–Crippen LogP) is 3.74. The summed E-state index contributed by atoms with van der Waals surface area (Å²) in [6.45, 7) is 1.57. The van der Waals surface area contributed by atoms with E-state index in [4.69, 9.17) is 4.74 Å². The molecule has 3 aromatic rings. The van der Waals surface area contributed by atoms with Gasteiger partial charge in [0.1, 0.15) is 22.9 Å². The largest absolute Gasteiger partial charge is 0.467 e. The molecule has 146 valence electrons. The summed E-state index contributed by atoms with van der Waals surface area (Å²) >= 11 is 0. The molecule has 2 unspecified atom stereocenters. The Labute approximate surface area is 157 Å². The van der Waals surface area contributed by atoms with Crippen LogP contribution in [-0.4, -0.2) is 33.1 Å². The maximum Gasteiger partial charge on any atom is 0.423 e. The fourth-order valence-electron chi connectivity index (χ4n) is 3.21. The number of hydrogen-bond donors (Lipinski definition) is 2. The van der Waals surface area contributed by atoms with Crippen LogP contribution in [0.15, 0.2) is 42.6 Å². The second kappa shape index (κ2) is 6.30. The van der Waals surface area contributed by atoms with Crippen LogP contribution in [0.4, 0.5) is 23.2 Å². The van der Waals surface area contributed by atoms with Crippen molar-refractivity contribution in [3.8, 4) is 5.75 Å². The lowest BCUT2D eigenvalue weighted by Crippen LogP contribution is -2.63. The molecule has 0 saturated heterocycles. The van der Waals surface area contributed by atoms with Crippen LogP contribution in [0.2, 0.25) is 0 Å². The Morgan fingerprint density at radius 3 is 2.71 bits per heavy atom. The lowest BCUT2D eigenvalue weighted by molar-refractivity contribution is -0.285. The molecule has 0 fully saturated rings. The van der Waals surface area contributed by atoms with Crippen LogP contribution in [0, 0.1) is 12.7 Å². The molecule has 2 aromatic carbocycles. The molecule has 9 heteroatoms. The summed E-state index contributed by atoms with van der Waals surface area (Å²) in [6, 6.07) is 8.52. The van der Waals surface area contributed by atoms with E-state index in [-0.39, 0.29) is 27.9 Å². The van der Waals surface area contributed by atoms with E-state index < -0.39 is 30.2 Å². The molecule has 0 bridgehead atoms. The highest BCUT2D eigenvalue weighted by molar-refractivity contribution is 5.91. The third-order valence-electron chi connectivity index (χ3n) is 4.71. The van der Waals surface area contributed by atoms with E-state index in [9.17, 15) is 22.7 Å². The van der Waals surface area contributed by atoms with Gasteiger partial charge >= 0.3 is 6.18 Å². The summed E-state index contributed by atoms with van der Waals surface area (Å²) in [5.41, 5.74) is -2.87. The van der Waals surface area contributed by atoms with E-state index in [0.29, 0.717) is 5.82 Å². The number of rotatable bonds is 2. The molecule has 0 spiro atoms. The minimum Gasteiger partial charge on any atom is -0.467 e. The second-order valence-corrected chi connectivity index (χ2v) is 6.62. The average Bonchev–Trinajstić information content (AvgIpc) is 2.64. The first kappa shape index (κ1) is 18.4. The molecule has 2 atom stereocenters. The monoisotopic (exact) mass is 393 g/mol. The number of halogens is 4. The third kappa shape index (κ3) is 2.91. The zero-order valence-corrected chi connectivity index (χ0v) is 14.6. The summed E-state index contributed by atoms with van der Waals surface area (Å²) < 4.78 is 60.8. The SMILES string of the molecule is Cc1ncc2c(NC3Oc4ccccc4CC3(O)C(F)(F)F)ccc(F)c2n1. The highest BCUT2D eigenvalue weighted by Gasteiger charge is 2.62. The topological polar surface area (TPSA) is 67.3 Å². The maximum atomic E-state index is 14.1. The summed E-state index contributed by atoms with van der Waals surface area (Å²) in [5.74, 6) is -0.0855. The molecule has 1 aromatic heterocycles. The Balaban J connectivity index is 1.80. The first-order chi connectivity index (χ1) is 13.2. The van der Waals surface area contributed by atoms with Gasteiger partial charge in [0.15, 0.2) is 0 Å². The molecule has 1 aliphatic rings. The van der Waals surface area contributed by atoms with Crippen molar-refractivity contribution in [3.63, 3.8) is 0 Å². The van der Waals surface area contributed by atoms with Gasteiger partial charge in [-0.1, -0.05) is 18.2 Å². The molecule has 2 heterocycles. The van der Waals surface area contributed by atoms with Crippen molar-refractivity contribution in [1.82, 2.24) is 9.97 Å². The Bertz CT molecular complexity index is 1060. The van der Waals surface area contributed by atoms with Gasteiger partial charge in [-0.05, 0) is 30.7 Å². The Morgan fingerprint density at radius 2 is 1.96 bits per heavy atom. The van der Waals surface area contributed by atoms with Gasteiger partial charge in [0.05, 0.1) is 0 Å². The molecule has 0 amide bonds. The van der Waals surface area contributed by atoms with Crippen LogP contribution in [0.5, 0.6) is 5.75 Å². The van der Waals surface area contributed by atoms with E-state index in [1.807, 2.05) is 0 Å². The van der Waals surface area contributed by atoms with Crippen molar-refractivity contribution in [2.45, 2.75) is 31.3 Å². The molecular weight excluding hydrogens is 378 g/mol. The quantitative estimate of drug-likeness (QED) is 0.650. The number of aromatic nitrogens is 2. The van der Waals surface area contributed by atoms with Crippen molar-refractivity contribution in [2.75, 3.05) is 5.32 Å². The van der Waals surface area contributed by atoms with E-state index in [0.717, 1.165) is 6.07 Å². The van der Waals surface area contributed by atoms with Crippen LogP contribution in [-0.2, 0) is 6.42 Å². The minimum absolute atomic E-state index is 0.0377. The Hall–Kier alpha value is -2.94. The van der Waals surface area contributed by atoms with Gasteiger partial charge < -0.3 is 15.2 Å². The van der Waals surface area contributed by atoms with Crippen LogP contribution < -0.4 is 10.1 Å². The molecular formula is C19H15F4N3O2. The highest BCUT2D eigenvalue weighted by Crippen LogP contribution is 2.43. The van der Waals surface area contributed by atoms with Gasteiger partial charge in [-0.2, -0.15) is 13.2 Å². The summed E-state index contributed by atoms with van der Waals surface area (Å²) in [4.78, 5) is 7.98. The molecule has 0 radical (unpaired) electrons. The van der Waals surface area contributed by atoms with Gasteiger partial charge in [-0.3, -0.25) is 0 Å².